The highest BCUT2D eigenvalue weighted by atomic mass is 16.1. The highest BCUT2D eigenvalue weighted by Gasteiger charge is 2.24. The van der Waals surface area contributed by atoms with Crippen molar-refractivity contribution in [3.05, 3.63) is 0 Å². The molecule has 1 unspecified atom stereocenters. The van der Waals surface area contributed by atoms with E-state index in [9.17, 15) is 4.79 Å². The van der Waals surface area contributed by atoms with Crippen LogP contribution in [0.3, 0.4) is 0 Å². The Balaban J connectivity index is 4.31. The molecule has 0 bridgehead atoms. The van der Waals surface area contributed by atoms with Gasteiger partial charge in [-0.1, -0.05) is 34.1 Å². The Labute approximate surface area is 94.8 Å². The number of nitrogens with one attached hydrogen (secondary N) is 1. The second kappa shape index (κ2) is 6.14. The predicted octanol–water partition coefficient (Wildman–Crippen LogP) is 3.36. The van der Waals surface area contributed by atoms with Gasteiger partial charge in [0.15, 0.2) is 0 Å². The zero-order valence-corrected chi connectivity index (χ0v) is 11.2. The smallest absolute Gasteiger partial charge is 0.223 e. The SMILES string of the molecule is CCCC(CC(C)(C)C)C(=O)NC(C)C. The predicted molar refractivity (Wildman–Crippen MR) is 65.7 cm³/mol. The van der Waals surface area contributed by atoms with Gasteiger partial charge < -0.3 is 5.32 Å². The Bertz CT molecular complexity index is 191. The summed E-state index contributed by atoms with van der Waals surface area (Å²) in [5, 5.41) is 3.01. The molecule has 2 nitrogen and oxygen atoms in total. The maximum Gasteiger partial charge on any atom is 0.223 e. The van der Waals surface area contributed by atoms with Gasteiger partial charge >= 0.3 is 0 Å². The van der Waals surface area contributed by atoms with Gasteiger partial charge in [-0.3, -0.25) is 4.79 Å². The lowest BCUT2D eigenvalue weighted by atomic mass is 9.82. The molecule has 0 aliphatic heterocycles. The standard InChI is InChI=1S/C13H27NO/c1-7-8-11(9-13(4,5)6)12(15)14-10(2)3/h10-11H,7-9H2,1-6H3,(H,14,15). The van der Waals surface area contributed by atoms with Crippen molar-refractivity contribution in [1.82, 2.24) is 5.32 Å². The summed E-state index contributed by atoms with van der Waals surface area (Å²) in [4.78, 5) is 11.9. The topological polar surface area (TPSA) is 29.1 Å². The van der Waals surface area contributed by atoms with Crippen molar-refractivity contribution in [3.63, 3.8) is 0 Å². The lowest BCUT2D eigenvalue weighted by molar-refractivity contribution is -0.126. The summed E-state index contributed by atoms with van der Waals surface area (Å²) in [6.45, 7) is 12.7. The quantitative estimate of drug-likeness (QED) is 0.745. The molecule has 0 spiro atoms. The van der Waals surface area contributed by atoms with Gasteiger partial charge in [-0.2, -0.15) is 0 Å². The Morgan fingerprint density at radius 2 is 1.80 bits per heavy atom. The molecule has 0 heterocycles. The minimum atomic E-state index is 0.178. The van der Waals surface area contributed by atoms with Crippen LogP contribution in [0, 0.1) is 11.3 Å². The first-order valence-corrected chi connectivity index (χ1v) is 6.06. The van der Waals surface area contributed by atoms with Gasteiger partial charge in [0.1, 0.15) is 0 Å². The first-order valence-electron chi connectivity index (χ1n) is 6.06. The molecule has 0 aliphatic carbocycles. The minimum Gasteiger partial charge on any atom is -0.354 e. The Hall–Kier alpha value is -0.530. The third-order valence-electron chi connectivity index (χ3n) is 2.30. The number of carbonyl (C=O) groups excluding carboxylic acids is 1. The van der Waals surface area contributed by atoms with Crippen molar-refractivity contribution in [2.24, 2.45) is 11.3 Å². The normalized spacial score (nSPS) is 14.1. The van der Waals surface area contributed by atoms with E-state index >= 15 is 0 Å². The molecule has 0 aromatic rings. The number of hydrogen-bond donors (Lipinski definition) is 1. The van der Waals surface area contributed by atoms with Gasteiger partial charge in [0.25, 0.3) is 0 Å². The first-order chi connectivity index (χ1) is 6.76. The molecular weight excluding hydrogens is 186 g/mol. The van der Waals surface area contributed by atoms with Crippen LogP contribution < -0.4 is 5.32 Å². The summed E-state index contributed by atoms with van der Waals surface area (Å²) in [7, 11) is 0. The van der Waals surface area contributed by atoms with Gasteiger partial charge in [0, 0.05) is 12.0 Å². The van der Waals surface area contributed by atoms with Gasteiger partial charge in [-0.05, 0) is 32.1 Å². The van der Waals surface area contributed by atoms with Crippen LogP contribution in [0.15, 0.2) is 0 Å². The summed E-state index contributed by atoms with van der Waals surface area (Å²) in [6, 6.07) is 0.247. The maximum absolute atomic E-state index is 11.9. The third-order valence-corrected chi connectivity index (χ3v) is 2.30. The summed E-state index contributed by atoms with van der Waals surface area (Å²) in [6.07, 6.45) is 3.04. The van der Waals surface area contributed by atoms with Crippen LogP contribution in [-0.4, -0.2) is 11.9 Å². The van der Waals surface area contributed by atoms with Crippen LogP contribution in [0.2, 0.25) is 0 Å². The monoisotopic (exact) mass is 213 g/mol. The largest absolute Gasteiger partial charge is 0.354 e. The Kier molecular flexibility index (Phi) is 5.92. The van der Waals surface area contributed by atoms with Crippen molar-refractivity contribution < 1.29 is 4.79 Å². The molecule has 0 aromatic heterocycles. The average molecular weight is 213 g/mol. The van der Waals surface area contributed by atoms with Gasteiger partial charge in [0.05, 0.1) is 0 Å². The molecule has 0 radical (unpaired) electrons. The molecule has 0 saturated heterocycles. The fourth-order valence-electron chi connectivity index (χ4n) is 1.82. The second-order valence-corrected chi connectivity index (χ2v) is 5.91. The first kappa shape index (κ1) is 14.5. The van der Waals surface area contributed by atoms with Crippen molar-refractivity contribution in [2.45, 2.75) is 66.8 Å². The highest BCUT2D eigenvalue weighted by Crippen LogP contribution is 2.27. The number of rotatable bonds is 5. The number of hydrogen-bond acceptors (Lipinski definition) is 1. The molecule has 0 rings (SSSR count). The van der Waals surface area contributed by atoms with Gasteiger partial charge in [-0.25, -0.2) is 0 Å². The van der Waals surface area contributed by atoms with E-state index < -0.39 is 0 Å². The summed E-state index contributed by atoms with van der Waals surface area (Å²) in [5.41, 5.74) is 0.230. The van der Waals surface area contributed by atoms with Crippen LogP contribution in [0.5, 0.6) is 0 Å². The summed E-state index contributed by atoms with van der Waals surface area (Å²) in [5.74, 6) is 0.402. The third kappa shape index (κ3) is 7.40. The van der Waals surface area contributed by atoms with E-state index in [2.05, 4.69) is 33.0 Å². The van der Waals surface area contributed by atoms with E-state index in [0.29, 0.717) is 0 Å². The Morgan fingerprint density at radius 3 is 2.13 bits per heavy atom. The second-order valence-electron chi connectivity index (χ2n) is 5.91. The minimum absolute atomic E-state index is 0.178. The lowest BCUT2D eigenvalue weighted by Gasteiger charge is -2.25. The maximum atomic E-state index is 11.9. The zero-order valence-electron chi connectivity index (χ0n) is 11.2. The van der Waals surface area contributed by atoms with Crippen LogP contribution >= 0.6 is 0 Å². The molecule has 2 heteroatoms. The van der Waals surface area contributed by atoms with E-state index in [0.717, 1.165) is 19.3 Å². The molecule has 15 heavy (non-hydrogen) atoms. The molecule has 0 aliphatic rings. The molecule has 1 N–H and O–H groups in total. The van der Waals surface area contributed by atoms with Crippen molar-refractivity contribution >= 4 is 5.91 Å². The summed E-state index contributed by atoms with van der Waals surface area (Å²) >= 11 is 0. The number of carbonyl (C=O) groups is 1. The molecule has 0 fully saturated rings. The van der Waals surface area contributed by atoms with E-state index in [1.54, 1.807) is 0 Å². The van der Waals surface area contributed by atoms with E-state index in [1.165, 1.54) is 0 Å². The fraction of sp³-hybridized carbons (Fsp3) is 0.923. The van der Waals surface area contributed by atoms with Crippen molar-refractivity contribution in [2.75, 3.05) is 0 Å². The number of amides is 1. The van der Waals surface area contributed by atoms with Gasteiger partial charge in [-0.15, -0.1) is 0 Å². The van der Waals surface area contributed by atoms with Crippen LogP contribution in [0.25, 0.3) is 0 Å². The van der Waals surface area contributed by atoms with Crippen molar-refractivity contribution in [3.8, 4) is 0 Å². The fourth-order valence-corrected chi connectivity index (χ4v) is 1.82. The van der Waals surface area contributed by atoms with Crippen LogP contribution in [0.4, 0.5) is 0 Å². The van der Waals surface area contributed by atoms with Crippen LogP contribution in [0.1, 0.15) is 60.8 Å². The van der Waals surface area contributed by atoms with E-state index in [1.807, 2.05) is 13.8 Å². The van der Waals surface area contributed by atoms with E-state index in [4.69, 9.17) is 0 Å². The Morgan fingerprint density at radius 1 is 1.27 bits per heavy atom. The summed E-state index contributed by atoms with van der Waals surface area (Å²) < 4.78 is 0. The van der Waals surface area contributed by atoms with Gasteiger partial charge in [0.2, 0.25) is 5.91 Å². The molecule has 1 atom stereocenters. The van der Waals surface area contributed by atoms with E-state index in [-0.39, 0.29) is 23.3 Å². The molecule has 90 valence electrons. The zero-order chi connectivity index (χ0) is 12.1. The molecule has 1 amide bonds. The molecular formula is C13H27NO. The average Bonchev–Trinajstić information content (AvgIpc) is 1.99. The highest BCUT2D eigenvalue weighted by molar-refractivity contribution is 5.78. The molecule has 0 saturated carbocycles. The lowest BCUT2D eigenvalue weighted by Crippen LogP contribution is -2.37. The molecule has 0 aromatic carbocycles. The van der Waals surface area contributed by atoms with Crippen LogP contribution in [-0.2, 0) is 4.79 Å². The van der Waals surface area contributed by atoms with Crippen molar-refractivity contribution in [1.29, 1.82) is 0 Å².